The second-order valence-corrected chi connectivity index (χ2v) is 11.2. The smallest absolute Gasteiger partial charge is 0.271 e. The highest BCUT2D eigenvalue weighted by atomic mass is 35.5. The molecule has 0 aliphatic rings. The van der Waals surface area contributed by atoms with E-state index in [1.165, 1.54) is 10.5 Å². The summed E-state index contributed by atoms with van der Waals surface area (Å²) < 4.78 is 37.4. The zero-order valence-electron chi connectivity index (χ0n) is 22.0. The molecular weight excluding hydrogens is 550 g/mol. The van der Waals surface area contributed by atoms with Gasteiger partial charge >= 0.3 is 0 Å². The predicted molar refractivity (Wildman–Crippen MR) is 158 cm³/mol. The Kier molecular flexibility index (Phi) is 9.42. The van der Waals surface area contributed by atoms with Gasteiger partial charge in [0.2, 0.25) is 10.0 Å². The molecule has 1 amide bonds. The van der Waals surface area contributed by atoms with E-state index in [9.17, 15) is 13.2 Å². The van der Waals surface area contributed by atoms with E-state index in [4.69, 9.17) is 21.1 Å². The topological polar surface area (TPSA) is 97.3 Å². The molecule has 0 bridgehead atoms. The lowest BCUT2D eigenvalue weighted by molar-refractivity contribution is 0.0955. The van der Waals surface area contributed by atoms with E-state index >= 15 is 0 Å². The predicted octanol–water partition coefficient (Wildman–Crippen LogP) is 5.66. The fraction of sp³-hybridized carbons (Fsp3) is 0.133. The average molecular weight is 578 g/mol. The lowest BCUT2D eigenvalue weighted by Gasteiger charge is -2.22. The summed E-state index contributed by atoms with van der Waals surface area (Å²) in [6.07, 6.45) is 2.64. The van der Waals surface area contributed by atoms with Crippen LogP contribution in [0, 0.1) is 0 Å². The van der Waals surface area contributed by atoms with Crippen LogP contribution in [0.25, 0.3) is 0 Å². The number of amides is 1. The Morgan fingerprint density at radius 2 is 1.62 bits per heavy atom. The maximum Gasteiger partial charge on any atom is 0.271 e. The number of anilines is 1. The van der Waals surface area contributed by atoms with Crippen LogP contribution >= 0.6 is 11.6 Å². The minimum atomic E-state index is -3.54. The number of benzene rings is 4. The Morgan fingerprint density at radius 3 is 2.27 bits per heavy atom. The second kappa shape index (κ2) is 13.1. The molecule has 0 aliphatic heterocycles. The highest BCUT2D eigenvalue weighted by Crippen LogP contribution is 2.28. The normalized spacial score (nSPS) is 11.3. The second-order valence-electron chi connectivity index (χ2n) is 8.83. The lowest BCUT2D eigenvalue weighted by atomic mass is 10.2. The number of nitrogens with zero attached hydrogens (tertiary/aromatic N) is 2. The van der Waals surface area contributed by atoms with Gasteiger partial charge in [0, 0.05) is 10.6 Å². The summed E-state index contributed by atoms with van der Waals surface area (Å²) in [6, 6.07) is 28.3. The van der Waals surface area contributed by atoms with Crippen molar-refractivity contribution < 1.29 is 22.7 Å². The highest BCUT2D eigenvalue weighted by molar-refractivity contribution is 7.92. The van der Waals surface area contributed by atoms with Gasteiger partial charge in [-0.1, -0.05) is 54.1 Å². The van der Waals surface area contributed by atoms with Gasteiger partial charge in [0.25, 0.3) is 5.91 Å². The molecule has 40 heavy (non-hydrogen) atoms. The van der Waals surface area contributed by atoms with Crippen LogP contribution in [0.15, 0.2) is 102 Å². The van der Waals surface area contributed by atoms with Crippen molar-refractivity contribution in [2.45, 2.75) is 13.2 Å². The standard InChI is InChI=1S/C30H28ClN3O5S/c1-38-29-18-24(10-17-28(29)39-21-23-8-13-26(31)14-9-23)19-32-33-30(35)25-11-15-27(16-12-25)34(40(2,36)37)20-22-6-4-3-5-7-22/h3-19H,20-21H2,1-2H3,(H,33,35)/b32-19-. The van der Waals surface area contributed by atoms with Gasteiger partial charge in [-0.05, 0) is 71.3 Å². The van der Waals surface area contributed by atoms with Gasteiger partial charge in [-0.3, -0.25) is 9.10 Å². The van der Waals surface area contributed by atoms with E-state index < -0.39 is 15.9 Å². The van der Waals surface area contributed by atoms with Crippen LogP contribution in [-0.2, 0) is 23.2 Å². The average Bonchev–Trinajstić information content (AvgIpc) is 2.96. The first kappa shape index (κ1) is 28.7. The Morgan fingerprint density at radius 1 is 0.925 bits per heavy atom. The number of hydrazone groups is 1. The molecular formula is C30H28ClN3O5S. The van der Waals surface area contributed by atoms with Crippen molar-refractivity contribution in [2.24, 2.45) is 5.10 Å². The molecule has 8 nitrogen and oxygen atoms in total. The molecule has 0 spiro atoms. The molecule has 0 aromatic heterocycles. The van der Waals surface area contributed by atoms with Crippen molar-refractivity contribution in [2.75, 3.05) is 17.7 Å². The summed E-state index contributed by atoms with van der Waals surface area (Å²) in [7, 11) is -1.99. The quantitative estimate of drug-likeness (QED) is 0.183. The number of carbonyl (C=O) groups excluding carboxylic acids is 1. The van der Waals surface area contributed by atoms with Crippen molar-refractivity contribution >= 4 is 39.4 Å². The number of rotatable bonds is 11. The van der Waals surface area contributed by atoms with Crippen molar-refractivity contribution in [1.29, 1.82) is 0 Å². The molecule has 0 aliphatic carbocycles. The summed E-state index contributed by atoms with van der Waals surface area (Å²) in [4.78, 5) is 12.6. The number of methoxy groups -OCH3 is 1. The van der Waals surface area contributed by atoms with Crippen molar-refractivity contribution in [3.05, 3.63) is 124 Å². The van der Waals surface area contributed by atoms with E-state index in [1.54, 1.807) is 61.7 Å². The Balaban J connectivity index is 1.37. The molecule has 0 heterocycles. The number of hydrogen-bond donors (Lipinski definition) is 1. The molecule has 1 N–H and O–H groups in total. The summed E-state index contributed by atoms with van der Waals surface area (Å²) >= 11 is 5.93. The van der Waals surface area contributed by atoms with Gasteiger partial charge in [0.15, 0.2) is 11.5 Å². The Bertz CT molecular complexity index is 1580. The minimum absolute atomic E-state index is 0.184. The molecule has 4 aromatic rings. The molecule has 0 saturated carbocycles. The summed E-state index contributed by atoms with van der Waals surface area (Å²) in [5.41, 5.74) is 5.78. The van der Waals surface area contributed by atoms with E-state index in [0.29, 0.717) is 39.9 Å². The molecule has 10 heteroatoms. The first-order valence-electron chi connectivity index (χ1n) is 12.2. The highest BCUT2D eigenvalue weighted by Gasteiger charge is 2.18. The molecule has 0 unspecified atom stereocenters. The monoisotopic (exact) mass is 577 g/mol. The van der Waals surface area contributed by atoms with Gasteiger partial charge in [-0.15, -0.1) is 0 Å². The summed E-state index contributed by atoms with van der Waals surface area (Å²) in [6.45, 7) is 0.536. The van der Waals surface area contributed by atoms with Crippen LogP contribution in [0.1, 0.15) is 27.0 Å². The van der Waals surface area contributed by atoms with Crippen LogP contribution < -0.4 is 19.2 Å². The number of sulfonamides is 1. The van der Waals surface area contributed by atoms with Crippen LogP contribution in [0.5, 0.6) is 11.5 Å². The fourth-order valence-corrected chi connectivity index (χ4v) is 4.80. The first-order chi connectivity index (χ1) is 19.2. The lowest BCUT2D eigenvalue weighted by Crippen LogP contribution is -2.29. The molecule has 206 valence electrons. The van der Waals surface area contributed by atoms with Crippen LogP contribution in [0.2, 0.25) is 5.02 Å². The number of ether oxygens (including phenoxy) is 2. The van der Waals surface area contributed by atoms with Gasteiger partial charge in [0.1, 0.15) is 6.61 Å². The third-order valence-corrected chi connectivity index (χ3v) is 7.25. The SMILES string of the molecule is COc1cc(/C=N\NC(=O)c2ccc(N(Cc3ccccc3)S(C)(=O)=O)cc2)ccc1OCc1ccc(Cl)cc1. The van der Waals surface area contributed by atoms with Crippen LogP contribution in [-0.4, -0.2) is 33.9 Å². The third kappa shape index (κ3) is 7.84. The third-order valence-electron chi connectivity index (χ3n) is 5.86. The van der Waals surface area contributed by atoms with E-state index in [2.05, 4.69) is 10.5 Å². The minimum Gasteiger partial charge on any atom is -0.493 e. The van der Waals surface area contributed by atoms with Crippen molar-refractivity contribution in [1.82, 2.24) is 5.43 Å². The van der Waals surface area contributed by atoms with Crippen molar-refractivity contribution in [3.63, 3.8) is 0 Å². The van der Waals surface area contributed by atoms with Crippen LogP contribution in [0.3, 0.4) is 0 Å². The number of halogens is 1. The Labute approximate surface area is 238 Å². The molecule has 0 saturated heterocycles. The first-order valence-corrected chi connectivity index (χ1v) is 14.5. The van der Waals surface area contributed by atoms with Crippen molar-refractivity contribution in [3.8, 4) is 11.5 Å². The van der Waals surface area contributed by atoms with Gasteiger partial charge in [-0.2, -0.15) is 5.10 Å². The maximum atomic E-state index is 12.6. The zero-order chi connectivity index (χ0) is 28.5. The molecule has 0 fully saturated rings. The summed E-state index contributed by atoms with van der Waals surface area (Å²) in [5, 5.41) is 4.70. The van der Waals surface area contributed by atoms with Crippen LogP contribution in [0.4, 0.5) is 5.69 Å². The van der Waals surface area contributed by atoms with Gasteiger partial charge in [0.05, 0.1) is 31.8 Å². The molecule has 4 aromatic carbocycles. The van der Waals surface area contributed by atoms with E-state index in [0.717, 1.165) is 17.4 Å². The Hall–Kier alpha value is -4.34. The summed E-state index contributed by atoms with van der Waals surface area (Å²) in [5.74, 6) is 0.645. The number of hydrogen-bond acceptors (Lipinski definition) is 6. The van der Waals surface area contributed by atoms with E-state index in [1.807, 2.05) is 42.5 Å². The largest absolute Gasteiger partial charge is 0.493 e. The molecule has 0 radical (unpaired) electrons. The van der Waals surface area contributed by atoms with E-state index in [-0.39, 0.29) is 6.54 Å². The maximum absolute atomic E-state index is 12.6. The van der Waals surface area contributed by atoms with Gasteiger partial charge < -0.3 is 9.47 Å². The van der Waals surface area contributed by atoms with Gasteiger partial charge in [-0.25, -0.2) is 13.8 Å². The molecule has 0 atom stereocenters. The number of carbonyl (C=O) groups is 1. The zero-order valence-corrected chi connectivity index (χ0v) is 23.5. The molecule has 4 rings (SSSR count). The number of nitrogens with one attached hydrogen (secondary N) is 1. The fourth-order valence-electron chi connectivity index (χ4n) is 3.78.